The highest BCUT2D eigenvalue weighted by Gasteiger charge is 2.19. The average molecular weight is 387 g/mol. The van der Waals surface area contributed by atoms with Crippen molar-refractivity contribution in [3.8, 4) is 0 Å². The molecule has 3 aromatic carbocycles. The minimum absolute atomic E-state index is 0.0132. The van der Waals surface area contributed by atoms with E-state index >= 15 is 0 Å². The number of anilines is 2. The minimum Gasteiger partial charge on any atom is -0.339 e. The summed E-state index contributed by atoms with van der Waals surface area (Å²) in [6.07, 6.45) is 0. The monoisotopic (exact) mass is 387 g/mol. The number of fused-ring (bicyclic) bond motifs is 1. The number of nitrogens with zero attached hydrogens (tertiary/aromatic N) is 2. The molecule has 0 bridgehead atoms. The first-order valence-corrected chi connectivity index (χ1v) is 8.76. The topological polar surface area (TPSA) is 104 Å². The van der Waals surface area contributed by atoms with Gasteiger partial charge in [0.1, 0.15) is 13.7 Å². The molecular formula is C20H15BFN5O2. The van der Waals surface area contributed by atoms with Crippen LogP contribution in [0.5, 0.6) is 0 Å². The fourth-order valence-corrected chi connectivity index (χ4v) is 2.96. The lowest BCUT2D eigenvalue weighted by Gasteiger charge is -2.09. The molecule has 142 valence electrons. The number of rotatable bonds is 4. The largest absolute Gasteiger partial charge is 0.339 e. The molecule has 0 atom stereocenters. The zero-order chi connectivity index (χ0) is 20.4. The maximum absolute atomic E-state index is 13.4. The molecule has 9 heteroatoms. The van der Waals surface area contributed by atoms with Gasteiger partial charge in [0, 0.05) is 11.3 Å². The Kier molecular flexibility index (Phi) is 4.78. The third-order valence-corrected chi connectivity index (χ3v) is 4.42. The molecule has 4 aromatic rings. The van der Waals surface area contributed by atoms with Crippen molar-refractivity contribution in [3.05, 3.63) is 77.7 Å². The van der Waals surface area contributed by atoms with E-state index in [2.05, 4.69) is 20.9 Å². The summed E-state index contributed by atoms with van der Waals surface area (Å²) in [5, 5.41) is 22.8. The van der Waals surface area contributed by atoms with E-state index in [1.165, 1.54) is 12.1 Å². The third-order valence-electron chi connectivity index (χ3n) is 4.42. The van der Waals surface area contributed by atoms with Crippen molar-refractivity contribution < 1.29 is 13.8 Å². The molecule has 0 aliphatic heterocycles. The third kappa shape index (κ3) is 3.70. The SMILES string of the molecule is Bc1cc(NC(=N)c2nonc2NC(=O)c2cccc3ccccc23)ccc1F. The van der Waals surface area contributed by atoms with Gasteiger partial charge < -0.3 is 10.6 Å². The molecular weight excluding hydrogens is 372 g/mol. The van der Waals surface area contributed by atoms with E-state index in [4.69, 9.17) is 10.0 Å². The number of carbonyl (C=O) groups excluding carboxylic acids is 1. The Morgan fingerprint density at radius 1 is 1.03 bits per heavy atom. The standard InChI is InChI=1S/C20H15BFN5O2/c21-15-10-12(8-9-16(15)22)24-18(23)17-19(27-29-26-17)25-20(28)14-7-3-5-11-4-1-2-6-13(11)14/h1-10H,21H2,(H2,23,24)(H,25,27,28). The number of carbonyl (C=O) groups is 1. The fourth-order valence-electron chi connectivity index (χ4n) is 2.96. The number of benzene rings is 3. The van der Waals surface area contributed by atoms with Gasteiger partial charge in [0.25, 0.3) is 5.91 Å². The van der Waals surface area contributed by atoms with Gasteiger partial charge >= 0.3 is 0 Å². The Morgan fingerprint density at radius 3 is 2.66 bits per heavy atom. The van der Waals surface area contributed by atoms with Crippen LogP contribution in [0.25, 0.3) is 10.8 Å². The highest BCUT2D eigenvalue weighted by Crippen LogP contribution is 2.20. The number of amidine groups is 1. The van der Waals surface area contributed by atoms with E-state index in [-0.39, 0.29) is 23.2 Å². The molecule has 0 aliphatic rings. The van der Waals surface area contributed by atoms with Crippen molar-refractivity contribution in [2.75, 3.05) is 10.6 Å². The Bertz CT molecular complexity index is 1240. The van der Waals surface area contributed by atoms with Crippen LogP contribution in [0.15, 0.2) is 65.3 Å². The molecule has 3 N–H and O–H groups in total. The Morgan fingerprint density at radius 2 is 1.83 bits per heavy atom. The van der Waals surface area contributed by atoms with Gasteiger partial charge in [-0.2, -0.15) is 0 Å². The van der Waals surface area contributed by atoms with E-state index in [0.717, 1.165) is 10.8 Å². The smallest absolute Gasteiger partial charge is 0.257 e. The number of hydrogen-bond acceptors (Lipinski definition) is 5. The molecule has 0 saturated carbocycles. The summed E-state index contributed by atoms with van der Waals surface area (Å²) in [5.74, 6) is -0.873. The number of hydrogen-bond donors (Lipinski definition) is 3. The first-order valence-electron chi connectivity index (χ1n) is 8.76. The van der Waals surface area contributed by atoms with E-state index in [1.54, 1.807) is 26.0 Å². The second-order valence-corrected chi connectivity index (χ2v) is 6.41. The molecule has 0 fully saturated rings. The molecule has 29 heavy (non-hydrogen) atoms. The maximum atomic E-state index is 13.4. The Hall–Kier alpha value is -4.01. The van der Waals surface area contributed by atoms with Crippen LogP contribution >= 0.6 is 0 Å². The van der Waals surface area contributed by atoms with Crippen molar-refractivity contribution in [2.45, 2.75) is 0 Å². The summed E-state index contributed by atoms with van der Waals surface area (Å²) in [6.45, 7) is 0. The van der Waals surface area contributed by atoms with E-state index in [1.807, 2.05) is 30.3 Å². The molecule has 1 aromatic heterocycles. The van der Waals surface area contributed by atoms with Crippen LogP contribution in [0.1, 0.15) is 16.1 Å². The molecule has 1 heterocycles. The van der Waals surface area contributed by atoms with Gasteiger partial charge in [-0.25, -0.2) is 9.02 Å². The summed E-state index contributed by atoms with van der Waals surface area (Å²) in [5.41, 5.74) is 1.43. The second-order valence-electron chi connectivity index (χ2n) is 6.41. The summed E-state index contributed by atoms with van der Waals surface area (Å²) in [4.78, 5) is 12.8. The lowest BCUT2D eigenvalue weighted by atomic mass is 9.95. The fraction of sp³-hybridized carbons (Fsp3) is 0. The number of nitrogens with one attached hydrogen (secondary N) is 3. The molecule has 4 rings (SSSR count). The molecule has 0 aliphatic carbocycles. The average Bonchev–Trinajstić information content (AvgIpc) is 3.18. The predicted molar refractivity (Wildman–Crippen MR) is 111 cm³/mol. The maximum Gasteiger partial charge on any atom is 0.257 e. The number of aromatic nitrogens is 2. The van der Waals surface area contributed by atoms with Crippen molar-refractivity contribution in [1.29, 1.82) is 5.41 Å². The van der Waals surface area contributed by atoms with Gasteiger partial charge in [0.05, 0.1) is 0 Å². The number of halogens is 1. The highest BCUT2D eigenvalue weighted by atomic mass is 19.1. The van der Waals surface area contributed by atoms with Crippen molar-refractivity contribution in [1.82, 2.24) is 10.3 Å². The van der Waals surface area contributed by atoms with Gasteiger partial charge in [-0.15, -0.1) is 0 Å². The van der Waals surface area contributed by atoms with Crippen LogP contribution in [-0.2, 0) is 0 Å². The van der Waals surface area contributed by atoms with Crippen LogP contribution in [0.4, 0.5) is 15.9 Å². The van der Waals surface area contributed by atoms with E-state index in [0.29, 0.717) is 16.7 Å². The first-order chi connectivity index (χ1) is 14.0. The lowest BCUT2D eigenvalue weighted by Crippen LogP contribution is -2.19. The molecule has 0 radical (unpaired) electrons. The van der Waals surface area contributed by atoms with Crippen molar-refractivity contribution in [2.24, 2.45) is 0 Å². The van der Waals surface area contributed by atoms with Crippen molar-refractivity contribution in [3.63, 3.8) is 0 Å². The Balaban J connectivity index is 1.56. The Labute approximate surface area is 165 Å². The zero-order valence-corrected chi connectivity index (χ0v) is 15.4. The molecule has 1 amide bonds. The number of amides is 1. The van der Waals surface area contributed by atoms with Gasteiger partial charge in [0.15, 0.2) is 11.5 Å². The normalized spacial score (nSPS) is 10.7. The highest BCUT2D eigenvalue weighted by molar-refractivity contribution is 6.33. The lowest BCUT2D eigenvalue weighted by molar-refractivity contribution is 0.102. The summed E-state index contributed by atoms with van der Waals surface area (Å²) < 4.78 is 18.1. The predicted octanol–water partition coefficient (Wildman–Crippen LogP) is 2.31. The van der Waals surface area contributed by atoms with Crippen molar-refractivity contribution >= 4 is 47.3 Å². The first kappa shape index (κ1) is 18.4. The zero-order valence-electron chi connectivity index (χ0n) is 15.4. The van der Waals surface area contributed by atoms with Crippen LogP contribution in [-0.4, -0.2) is 29.9 Å². The molecule has 0 unspecified atom stereocenters. The minimum atomic E-state index is -0.399. The molecule has 0 spiro atoms. The van der Waals surface area contributed by atoms with Crippen LogP contribution < -0.4 is 16.1 Å². The molecule has 0 saturated heterocycles. The van der Waals surface area contributed by atoms with Crippen LogP contribution in [0.3, 0.4) is 0 Å². The second kappa shape index (κ2) is 7.55. The summed E-state index contributed by atoms with van der Waals surface area (Å²) >= 11 is 0. The van der Waals surface area contributed by atoms with Crippen LogP contribution in [0, 0.1) is 11.2 Å². The quantitative estimate of drug-likeness (QED) is 0.283. The van der Waals surface area contributed by atoms with E-state index < -0.39 is 5.91 Å². The van der Waals surface area contributed by atoms with Gasteiger partial charge in [-0.05, 0) is 45.4 Å². The summed E-state index contributed by atoms with van der Waals surface area (Å²) in [6, 6.07) is 17.3. The van der Waals surface area contributed by atoms with Gasteiger partial charge in [-0.1, -0.05) is 41.9 Å². The van der Waals surface area contributed by atoms with Crippen LogP contribution in [0.2, 0.25) is 0 Å². The summed E-state index contributed by atoms with van der Waals surface area (Å²) in [7, 11) is 1.62. The van der Waals surface area contributed by atoms with Gasteiger partial charge in [0.2, 0.25) is 5.82 Å². The molecule has 7 nitrogen and oxygen atoms in total. The van der Waals surface area contributed by atoms with E-state index in [9.17, 15) is 9.18 Å². The van der Waals surface area contributed by atoms with Gasteiger partial charge in [-0.3, -0.25) is 10.2 Å².